The van der Waals surface area contributed by atoms with Gasteiger partial charge in [0.05, 0.1) is 6.61 Å². The molecule has 3 heteroatoms. The second kappa shape index (κ2) is 6.11. The van der Waals surface area contributed by atoms with Crippen LogP contribution in [0.25, 0.3) is 0 Å². The van der Waals surface area contributed by atoms with Gasteiger partial charge in [0, 0.05) is 37.8 Å². The van der Waals surface area contributed by atoms with E-state index in [9.17, 15) is 0 Å². The summed E-state index contributed by atoms with van der Waals surface area (Å²) in [5.41, 5.74) is 0.331. The van der Waals surface area contributed by atoms with E-state index in [4.69, 9.17) is 4.74 Å². The van der Waals surface area contributed by atoms with Crippen LogP contribution in [0.5, 0.6) is 0 Å². The first-order valence-electron chi connectivity index (χ1n) is 8.00. The summed E-state index contributed by atoms with van der Waals surface area (Å²) in [7, 11) is 0. The molecular formula is C16H32N2O. The Balaban J connectivity index is 2.09. The number of piperazine rings is 1. The van der Waals surface area contributed by atoms with Crippen LogP contribution in [0, 0.1) is 11.3 Å². The number of nitrogens with zero attached hydrogens (tertiary/aromatic N) is 1. The van der Waals surface area contributed by atoms with Gasteiger partial charge in [0.15, 0.2) is 0 Å². The maximum atomic E-state index is 5.63. The predicted molar refractivity (Wildman–Crippen MR) is 80.4 cm³/mol. The molecule has 0 aromatic carbocycles. The van der Waals surface area contributed by atoms with Gasteiger partial charge in [0.25, 0.3) is 0 Å². The smallest absolute Gasteiger partial charge is 0.0622 e. The van der Waals surface area contributed by atoms with E-state index < -0.39 is 0 Å². The van der Waals surface area contributed by atoms with E-state index >= 15 is 0 Å². The van der Waals surface area contributed by atoms with Crippen molar-refractivity contribution < 1.29 is 4.74 Å². The molecule has 0 aromatic heterocycles. The molecule has 4 unspecified atom stereocenters. The number of ether oxygens (including phenoxy) is 1. The lowest BCUT2D eigenvalue weighted by Gasteiger charge is -2.49. The van der Waals surface area contributed by atoms with Crippen molar-refractivity contribution in [3.05, 3.63) is 0 Å². The van der Waals surface area contributed by atoms with Gasteiger partial charge in [-0.05, 0) is 17.8 Å². The minimum atomic E-state index is 0.331. The number of hydrogen-bond acceptors (Lipinski definition) is 3. The summed E-state index contributed by atoms with van der Waals surface area (Å²) in [4.78, 5) is 2.76. The predicted octanol–water partition coefficient (Wildman–Crippen LogP) is 2.51. The van der Waals surface area contributed by atoms with E-state index in [1.807, 2.05) is 0 Å². The molecule has 0 spiro atoms. The Labute approximate surface area is 119 Å². The van der Waals surface area contributed by atoms with Crippen LogP contribution < -0.4 is 5.32 Å². The highest BCUT2D eigenvalue weighted by Crippen LogP contribution is 2.29. The monoisotopic (exact) mass is 268 g/mol. The molecule has 0 aromatic rings. The Morgan fingerprint density at radius 1 is 1.37 bits per heavy atom. The van der Waals surface area contributed by atoms with Crippen LogP contribution in [0.3, 0.4) is 0 Å². The van der Waals surface area contributed by atoms with Crippen molar-refractivity contribution in [1.29, 1.82) is 0 Å². The lowest BCUT2D eigenvalue weighted by Crippen LogP contribution is -2.64. The standard InChI is InChI=1S/C16H32N2O/c1-6-12(2)14-9-17-15(16(3,4)5)10-18(14)13-7-8-19-11-13/h12-15,17H,6-11H2,1-5H3. The van der Waals surface area contributed by atoms with Crippen LogP contribution in [0.4, 0.5) is 0 Å². The second-order valence-corrected chi connectivity index (χ2v) is 7.49. The molecular weight excluding hydrogens is 236 g/mol. The Kier molecular flexibility index (Phi) is 4.91. The highest BCUT2D eigenvalue weighted by Gasteiger charge is 2.39. The highest BCUT2D eigenvalue weighted by molar-refractivity contribution is 4.96. The maximum absolute atomic E-state index is 5.63. The maximum Gasteiger partial charge on any atom is 0.0622 e. The van der Waals surface area contributed by atoms with Gasteiger partial charge in [-0.3, -0.25) is 4.90 Å². The van der Waals surface area contributed by atoms with Gasteiger partial charge in [-0.1, -0.05) is 41.0 Å². The molecule has 2 heterocycles. The third kappa shape index (κ3) is 3.50. The van der Waals surface area contributed by atoms with Crippen molar-refractivity contribution in [3.8, 4) is 0 Å². The van der Waals surface area contributed by atoms with E-state index in [1.165, 1.54) is 19.4 Å². The molecule has 2 saturated heterocycles. The molecule has 0 amide bonds. The van der Waals surface area contributed by atoms with Crippen LogP contribution >= 0.6 is 0 Å². The van der Waals surface area contributed by atoms with Crippen LogP contribution in [-0.2, 0) is 4.74 Å². The van der Waals surface area contributed by atoms with Crippen LogP contribution in [0.2, 0.25) is 0 Å². The van der Waals surface area contributed by atoms with Gasteiger partial charge >= 0.3 is 0 Å². The van der Waals surface area contributed by atoms with Crippen molar-refractivity contribution >= 4 is 0 Å². The van der Waals surface area contributed by atoms with E-state index in [0.29, 0.717) is 23.5 Å². The Morgan fingerprint density at radius 2 is 2.11 bits per heavy atom. The highest BCUT2D eigenvalue weighted by atomic mass is 16.5. The molecule has 1 N–H and O–H groups in total. The molecule has 112 valence electrons. The number of nitrogens with one attached hydrogen (secondary N) is 1. The van der Waals surface area contributed by atoms with E-state index in [1.54, 1.807) is 0 Å². The topological polar surface area (TPSA) is 24.5 Å². The first-order chi connectivity index (χ1) is 8.93. The number of rotatable bonds is 3. The van der Waals surface area contributed by atoms with Crippen molar-refractivity contribution in [3.63, 3.8) is 0 Å². The van der Waals surface area contributed by atoms with E-state index in [2.05, 4.69) is 44.8 Å². The molecule has 0 radical (unpaired) electrons. The average molecular weight is 268 g/mol. The van der Waals surface area contributed by atoms with Crippen LogP contribution in [0.1, 0.15) is 47.5 Å². The third-order valence-electron chi connectivity index (χ3n) is 5.11. The minimum absolute atomic E-state index is 0.331. The minimum Gasteiger partial charge on any atom is -0.380 e. The quantitative estimate of drug-likeness (QED) is 0.851. The third-order valence-corrected chi connectivity index (χ3v) is 5.11. The first-order valence-corrected chi connectivity index (χ1v) is 8.00. The summed E-state index contributed by atoms with van der Waals surface area (Å²) in [5.74, 6) is 0.758. The van der Waals surface area contributed by atoms with Crippen LogP contribution in [0.15, 0.2) is 0 Å². The lowest BCUT2D eigenvalue weighted by molar-refractivity contribution is 0.0205. The Bertz CT molecular complexity index is 281. The fourth-order valence-corrected chi connectivity index (χ4v) is 3.37. The zero-order valence-corrected chi connectivity index (χ0v) is 13.4. The SMILES string of the molecule is CCC(C)C1CNC(C(C)(C)C)CN1C1CCOC1. The summed E-state index contributed by atoms with van der Waals surface area (Å²) < 4.78 is 5.63. The summed E-state index contributed by atoms with van der Waals surface area (Å²) in [6, 6.07) is 1.91. The average Bonchev–Trinajstić information content (AvgIpc) is 2.89. The molecule has 2 aliphatic heterocycles. The normalized spacial score (nSPS) is 35.5. The van der Waals surface area contributed by atoms with Crippen molar-refractivity contribution in [2.24, 2.45) is 11.3 Å². The summed E-state index contributed by atoms with van der Waals surface area (Å²) in [6.45, 7) is 15.9. The van der Waals surface area contributed by atoms with Gasteiger partial charge in [0.1, 0.15) is 0 Å². The fraction of sp³-hybridized carbons (Fsp3) is 1.00. The Hall–Kier alpha value is -0.120. The summed E-state index contributed by atoms with van der Waals surface area (Å²) >= 11 is 0. The van der Waals surface area contributed by atoms with Gasteiger partial charge in [-0.25, -0.2) is 0 Å². The molecule has 0 saturated carbocycles. The summed E-state index contributed by atoms with van der Waals surface area (Å²) in [5, 5.41) is 3.80. The molecule has 2 aliphatic rings. The number of hydrogen-bond donors (Lipinski definition) is 1. The molecule has 0 aliphatic carbocycles. The molecule has 2 fully saturated rings. The van der Waals surface area contributed by atoms with Crippen molar-refractivity contribution in [2.45, 2.75) is 65.6 Å². The summed E-state index contributed by atoms with van der Waals surface area (Å²) in [6.07, 6.45) is 2.47. The van der Waals surface area contributed by atoms with E-state index in [0.717, 1.165) is 25.7 Å². The van der Waals surface area contributed by atoms with Crippen LogP contribution in [-0.4, -0.2) is 49.3 Å². The fourth-order valence-electron chi connectivity index (χ4n) is 3.37. The molecule has 0 bridgehead atoms. The zero-order chi connectivity index (χ0) is 14.0. The van der Waals surface area contributed by atoms with Gasteiger partial charge in [-0.15, -0.1) is 0 Å². The Morgan fingerprint density at radius 3 is 2.63 bits per heavy atom. The van der Waals surface area contributed by atoms with Gasteiger partial charge < -0.3 is 10.1 Å². The molecule has 2 rings (SSSR count). The van der Waals surface area contributed by atoms with Crippen molar-refractivity contribution in [2.75, 3.05) is 26.3 Å². The largest absolute Gasteiger partial charge is 0.380 e. The first kappa shape index (κ1) is 15.3. The van der Waals surface area contributed by atoms with Crippen molar-refractivity contribution in [1.82, 2.24) is 10.2 Å². The molecule has 3 nitrogen and oxygen atoms in total. The molecule has 19 heavy (non-hydrogen) atoms. The lowest BCUT2D eigenvalue weighted by atomic mass is 9.82. The van der Waals surface area contributed by atoms with Gasteiger partial charge in [0.2, 0.25) is 0 Å². The van der Waals surface area contributed by atoms with Gasteiger partial charge in [-0.2, -0.15) is 0 Å². The molecule has 4 atom stereocenters. The second-order valence-electron chi connectivity index (χ2n) is 7.49. The van der Waals surface area contributed by atoms with E-state index in [-0.39, 0.29) is 0 Å². The zero-order valence-electron chi connectivity index (χ0n) is 13.4.